The molecule has 5 heteroatoms. The second kappa shape index (κ2) is 8.82. The van der Waals surface area contributed by atoms with Gasteiger partial charge >= 0.3 is 0 Å². The van der Waals surface area contributed by atoms with E-state index in [2.05, 4.69) is 10.6 Å². The molecule has 0 aromatic heterocycles. The Morgan fingerprint density at radius 3 is 2.33 bits per heavy atom. The molecule has 24 heavy (non-hydrogen) atoms. The third-order valence-corrected chi connectivity index (χ3v) is 3.61. The fourth-order valence-corrected chi connectivity index (χ4v) is 2.22. The van der Waals surface area contributed by atoms with Crippen molar-refractivity contribution in [3.8, 4) is 0 Å². The predicted molar refractivity (Wildman–Crippen MR) is 90.8 cm³/mol. The second-order valence-corrected chi connectivity index (χ2v) is 5.63. The van der Waals surface area contributed by atoms with Crippen molar-refractivity contribution in [2.75, 3.05) is 6.54 Å². The number of halogens is 1. The van der Waals surface area contributed by atoms with Crippen LogP contribution in [0.2, 0.25) is 0 Å². The number of rotatable bonds is 7. The number of carbonyl (C=O) groups excluding carboxylic acids is 2. The zero-order valence-electron chi connectivity index (χ0n) is 13.6. The summed E-state index contributed by atoms with van der Waals surface area (Å²) in [5.41, 5.74) is 2.68. The number of hydrogen-bond acceptors (Lipinski definition) is 2. The van der Waals surface area contributed by atoms with Crippen LogP contribution < -0.4 is 10.6 Å². The number of benzene rings is 2. The number of hydrogen-bond donors (Lipinski definition) is 2. The Labute approximate surface area is 141 Å². The lowest BCUT2D eigenvalue weighted by atomic mass is 10.1. The first-order valence-corrected chi connectivity index (χ1v) is 7.87. The monoisotopic (exact) mass is 328 g/mol. The number of aryl methyl sites for hydroxylation is 1. The second-order valence-electron chi connectivity index (χ2n) is 5.63. The van der Waals surface area contributed by atoms with Crippen LogP contribution in [0.5, 0.6) is 0 Å². The number of amides is 2. The number of nitrogens with one attached hydrogen (secondary N) is 2. The van der Waals surface area contributed by atoms with Crippen LogP contribution >= 0.6 is 0 Å². The molecular weight excluding hydrogens is 307 g/mol. The molecule has 2 amide bonds. The molecule has 0 heterocycles. The molecule has 0 aliphatic heterocycles. The Morgan fingerprint density at radius 1 is 0.958 bits per heavy atom. The molecule has 2 rings (SSSR count). The summed E-state index contributed by atoms with van der Waals surface area (Å²) in [6.07, 6.45) is 0.159. The van der Waals surface area contributed by atoms with E-state index < -0.39 is 0 Å². The summed E-state index contributed by atoms with van der Waals surface area (Å²) in [4.78, 5) is 23.5. The minimum absolute atomic E-state index is 0.233. The first-order valence-electron chi connectivity index (χ1n) is 7.87. The molecule has 0 aliphatic carbocycles. The van der Waals surface area contributed by atoms with Gasteiger partial charge in [-0.3, -0.25) is 9.59 Å². The summed E-state index contributed by atoms with van der Waals surface area (Å²) in [6.45, 7) is 2.68. The molecule has 126 valence electrons. The molecule has 0 atom stereocenters. The Kier molecular flexibility index (Phi) is 6.49. The zero-order valence-corrected chi connectivity index (χ0v) is 13.6. The highest BCUT2D eigenvalue weighted by Gasteiger charge is 2.09. The van der Waals surface area contributed by atoms with Crippen LogP contribution in [0.3, 0.4) is 0 Å². The fraction of sp³-hybridized carbons (Fsp3) is 0.263. The SMILES string of the molecule is Cc1ccc(CNC(=O)CC(=O)NCCc2ccccc2F)cc1. The topological polar surface area (TPSA) is 58.2 Å². The van der Waals surface area contributed by atoms with Gasteiger partial charge in [0.25, 0.3) is 0 Å². The molecule has 0 fully saturated rings. The van der Waals surface area contributed by atoms with Crippen molar-refractivity contribution in [2.24, 2.45) is 0 Å². The Morgan fingerprint density at radius 2 is 1.62 bits per heavy atom. The molecule has 0 spiro atoms. The van der Waals surface area contributed by atoms with E-state index in [9.17, 15) is 14.0 Å². The largest absolute Gasteiger partial charge is 0.355 e. The summed E-state index contributed by atoms with van der Waals surface area (Å²) in [7, 11) is 0. The van der Waals surface area contributed by atoms with Gasteiger partial charge in [0.15, 0.2) is 0 Å². The highest BCUT2D eigenvalue weighted by atomic mass is 19.1. The normalized spacial score (nSPS) is 10.2. The standard InChI is InChI=1S/C19H21FN2O2/c1-14-6-8-15(9-7-14)13-22-19(24)12-18(23)21-11-10-16-4-2-3-5-17(16)20/h2-9H,10-13H2,1H3,(H,21,23)(H,22,24). The lowest BCUT2D eigenvalue weighted by molar-refractivity contribution is -0.129. The molecule has 4 nitrogen and oxygen atoms in total. The van der Waals surface area contributed by atoms with E-state index in [1.165, 1.54) is 6.07 Å². The van der Waals surface area contributed by atoms with Gasteiger partial charge < -0.3 is 10.6 Å². The van der Waals surface area contributed by atoms with Crippen molar-refractivity contribution in [1.29, 1.82) is 0 Å². The van der Waals surface area contributed by atoms with Gasteiger partial charge in [0.2, 0.25) is 11.8 Å². The lowest BCUT2D eigenvalue weighted by Crippen LogP contribution is -2.32. The molecule has 2 aromatic rings. The minimum atomic E-state index is -0.368. The predicted octanol–water partition coefficient (Wildman–Crippen LogP) is 2.50. The molecule has 0 unspecified atom stereocenters. The zero-order chi connectivity index (χ0) is 17.4. The van der Waals surface area contributed by atoms with Crippen LogP contribution in [0.4, 0.5) is 4.39 Å². The third-order valence-electron chi connectivity index (χ3n) is 3.61. The van der Waals surface area contributed by atoms with Crippen molar-refractivity contribution >= 4 is 11.8 Å². The van der Waals surface area contributed by atoms with E-state index >= 15 is 0 Å². The molecule has 0 bridgehead atoms. The average Bonchev–Trinajstić information content (AvgIpc) is 2.56. The summed E-state index contributed by atoms with van der Waals surface area (Å²) < 4.78 is 13.4. The van der Waals surface area contributed by atoms with Crippen molar-refractivity contribution in [3.05, 3.63) is 71.0 Å². The lowest BCUT2D eigenvalue weighted by Gasteiger charge is -2.07. The Bertz CT molecular complexity index is 699. The Balaban J connectivity index is 1.67. The summed E-state index contributed by atoms with van der Waals surface area (Å²) in [5, 5.41) is 5.34. The third kappa shape index (κ3) is 5.83. The summed E-state index contributed by atoms with van der Waals surface area (Å²) in [6, 6.07) is 14.2. The average molecular weight is 328 g/mol. The smallest absolute Gasteiger partial charge is 0.229 e. The quantitative estimate of drug-likeness (QED) is 0.767. The van der Waals surface area contributed by atoms with E-state index in [1.54, 1.807) is 18.2 Å². The molecule has 0 saturated carbocycles. The molecule has 0 radical (unpaired) electrons. The maximum absolute atomic E-state index is 13.4. The van der Waals surface area contributed by atoms with Crippen LogP contribution in [-0.2, 0) is 22.6 Å². The van der Waals surface area contributed by atoms with Gasteiger partial charge in [-0.15, -0.1) is 0 Å². The highest BCUT2D eigenvalue weighted by Crippen LogP contribution is 2.06. The molecule has 0 aliphatic rings. The van der Waals surface area contributed by atoms with Crippen LogP contribution in [0, 0.1) is 12.7 Å². The van der Waals surface area contributed by atoms with Gasteiger partial charge in [-0.2, -0.15) is 0 Å². The molecule has 0 saturated heterocycles. The van der Waals surface area contributed by atoms with E-state index in [4.69, 9.17) is 0 Å². The highest BCUT2D eigenvalue weighted by molar-refractivity contribution is 5.96. The van der Waals surface area contributed by atoms with Crippen LogP contribution in [0.25, 0.3) is 0 Å². The van der Waals surface area contributed by atoms with E-state index in [1.807, 2.05) is 31.2 Å². The maximum atomic E-state index is 13.4. The van der Waals surface area contributed by atoms with Gasteiger partial charge in [-0.25, -0.2) is 4.39 Å². The van der Waals surface area contributed by atoms with Gasteiger partial charge in [0, 0.05) is 13.1 Å². The van der Waals surface area contributed by atoms with Gasteiger partial charge in [-0.05, 0) is 30.5 Å². The van der Waals surface area contributed by atoms with Gasteiger partial charge in [-0.1, -0.05) is 48.0 Å². The van der Waals surface area contributed by atoms with Gasteiger partial charge in [0.1, 0.15) is 12.2 Å². The molecule has 2 N–H and O–H groups in total. The van der Waals surface area contributed by atoms with E-state index in [0.717, 1.165) is 11.1 Å². The van der Waals surface area contributed by atoms with Crippen molar-refractivity contribution in [3.63, 3.8) is 0 Å². The van der Waals surface area contributed by atoms with Crippen molar-refractivity contribution in [2.45, 2.75) is 26.3 Å². The fourth-order valence-electron chi connectivity index (χ4n) is 2.22. The summed E-state index contributed by atoms with van der Waals surface area (Å²) >= 11 is 0. The molecule has 2 aromatic carbocycles. The number of carbonyl (C=O) groups is 2. The summed E-state index contributed by atoms with van der Waals surface area (Å²) in [5.74, 6) is -0.991. The van der Waals surface area contributed by atoms with Crippen molar-refractivity contribution < 1.29 is 14.0 Å². The van der Waals surface area contributed by atoms with Crippen LogP contribution in [0.1, 0.15) is 23.1 Å². The first kappa shape index (κ1) is 17.7. The molecular formula is C19H21FN2O2. The maximum Gasteiger partial charge on any atom is 0.229 e. The van der Waals surface area contributed by atoms with E-state index in [0.29, 0.717) is 25.1 Å². The first-order chi connectivity index (χ1) is 11.5. The van der Waals surface area contributed by atoms with Crippen LogP contribution in [-0.4, -0.2) is 18.4 Å². The minimum Gasteiger partial charge on any atom is -0.355 e. The van der Waals surface area contributed by atoms with E-state index in [-0.39, 0.29) is 24.1 Å². The Hall–Kier alpha value is -2.69. The van der Waals surface area contributed by atoms with Crippen molar-refractivity contribution in [1.82, 2.24) is 10.6 Å². The van der Waals surface area contributed by atoms with Crippen LogP contribution in [0.15, 0.2) is 48.5 Å². The van der Waals surface area contributed by atoms with Gasteiger partial charge in [0.05, 0.1) is 0 Å².